The molecule has 0 radical (unpaired) electrons. The molecule has 26 heavy (non-hydrogen) atoms. The molecule has 8 nitrogen and oxygen atoms in total. The SMILES string of the molecule is Nc1c(NNC(=O)c2ccccc2F)ncnc1NNc1ccccc1. The number of carbonyl (C=O) groups is 1. The van der Waals surface area contributed by atoms with E-state index in [0.29, 0.717) is 5.82 Å². The number of halogens is 1. The number of anilines is 4. The van der Waals surface area contributed by atoms with Gasteiger partial charge in [-0.25, -0.2) is 14.4 Å². The Morgan fingerprint density at radius 1 is 0.885 bits per heavy atom. The molecule has 0 atom stereocenters. The van der Waals surface area contributed by atoms with Crippen LogP contribution in [0.3, 0.4) is 0 Å². The smallest absolute Gasteiger partial charge is 0.272 e. The zero-order valence-electron chi connectivity index (χ0n) is 13.5. The summed E-state index contributed by atoms with van der Waals surface area (Å²) in [5.74, 6) is -0.802. The zero-order valence-corrected chi connectivity index (χ0v) is 13.5. The third-order valence-electron chi connectivity index (χ3n) is 3.40. The Hall–Kier alpha value is -3.88. The third-order valence-corrected chi connectivity index (χ3v) is 3.40. The summed E-state index contributed by atoms with van der Waals surface area (Å²) in [5, 5.41) is 0. The standard InChI is InChI=1S/C17H16FN7O/c18-13-9-5-4-8-12(13)17(26)25-24-16-14(19)15(20-10-21-16)23-22-11-6-2-1-3-7-11/h1-10,22H,19H2,(H,25,26)(H2,20,21,23,24). The van der Waals surface area contributed by atoms with Gasteiger partial charge in [-0.1, -0.05) is 30.3 Å². The fourth-order valence-electron chi connectivity index (χ4n) is 2.08. The van der Waals surface area contributed by atoms with E-state index in [2.05, 4.69) is 31.7 Å². The van der Waals surface area contributed by atoms with E-state index in [0.717, 1.165) is 5.69 Å². The van der Waals surface area contributed by atoms with Crippen LogP contribution < -0.4 is 27.4 Å². The molecule has 0 spiro atoms. The van der Waals surface area contributed by atoms with Crippen LogP contribution in [-0.4, -0.2) is 15.9 Å². The normalized spacial score (nSPS) is 10.0. The molecule has 2 aromatic carbocycles. The molecule has 0 saturated carbocycles. The Labute approximate surface area is 148 Å². The molecule has 0 aliphatic heterocycles. The molecule has 0 fully saturated rings. The summed E-state index contributed by atoms with van der Waals surface area (Å²) in [4.78, 5) is 20.0. The number of amides is 1. The fourth-order valence-corrected chi connectivity index (χ4v) is 2.08. The van der Waals surface area contributed by atoms with Crippen molar-refractivity contribution in [2.24, 2.45) is 0 Å². The number of hydrogen-bond acceptors (Lipinski definition) is 7. The van der Waals surface area contributed by atoms with Crippen molar-refractivity contribution in [2.75, 3.05) is 22.0 Å². The van der Waals surface area contributed by atoms with Gasteiger partial charge in [0.25, 0.3) is 5.91 Å². The molecule has 0 bridgehead atoms. The van der Waals surface area contributed by atoms with Crippen molar-refractivity contribution in [3.63, 3.8) is 0 Å². The molecule has 0 saturated heterocycles. The Morgan fingerprint density at radius 3 is 2.27 bits per heavy atom. The molecule has 1 aromatic heterocycles. The Kier molecular flexibility index (Phi) is 5.08. The maximum Gasteiger partial charge on any atom is 0.272 e. The predicted molar refractivity (Wildman–Crippen MR) is 97.6 cm³/mol. The first-order chi connectivity index (χ1) is 12.6. The molecular formula is C17H16FN7O. The second-order valence-corrected chi connectivity index (χ2v) is 5.16. The summed E-state index contributed by atoms with van der Waals surface area (Å²) < 4.78 is 13.6. The summed E-state index contributed by atoms with van der Waals surface area (Å²) in [6.07, 6.45) is 1.27. The van der Waals surface area contributed by atoms with Gasteiger partial charge < -0.3 is 5.73 Å². The molecule has 9 heteroatoms. The highest BCUT2D eigenvalue weighted by Gasteiger charge is 2.12. The lowest BCUT2D eigenvalue weighted by Crippen LogP contribution is -2.31. The predicted octanol–water partition coefficient (Wildman–Crippen LogP) is 2.39. The minimum Gasteiger partial charge on any atom is -0.393 e. The number of hydrazine groups is 2. The monoisotopic (exact) mass is 353 g/mol. The first-order valence-corrected chi connectivity index (χ1v) is 7.63. The summed E-state index contributed by atoms with van der Waals surface area (Å²) in [6.45, 7) is 0. The first kappa shape index (κ1) is 17.0. The average molecular weight is 353 g/mol. The van der Waals surface area contributed by atoms with Crippen molar-refractivity contribution in [3.05, 3.63) is 72.3 Å². The number of carbonyl (C=O) groups excluding carboxylic acids is 1. The van der Waals surface area contributed by atoms with E-state index in [1.165, 1.54) is 24.5 Å². The first-order valence-electron chi connectivity index (χ1n) is 7.63. The van der Waals surface area contributed by atoms with E-state index in [9.17, 15) is 9.18 Å². The summed E-state index contributed by atoms with van der Waals surface area (Å²) >= 11 is 0. The molecule has 0 aliphatic carbocycles. The van der Waals surface area contributed by atoms with Gasteiger partial charge >= 0.3 is 0 Å². The summed E-state index contributed by atoms with van der Waals surface area (Å²) in [5.41, 5.74) is 17.6. The number of nitrogens with zero attached hydrogens (tertiary/aromatic N) is 2. The minimum atomic E-state index is -0.655. The van der Waals surface area contributed by atoms with Gasteiger partial charge in [0, 0.05) is 0 Å². The maximum absolute atomic E-state index is 13.6. The molecule has 1 heterocycles. The third kappa shape index (κ3) is 3.96. The van der Waals surface area contributed by atoms with Gasteiger partial charge in [-0.2, -0.15) is 0 Å². The van der Waals surface area contributed by atoms with Crippen molar-refractivity contribution in [1.82, 2.24) is 15.4 Å². The molecular weight excluding hydrogens is 337 g/mol. The van der Waals surface area contributed by atoms with Crippen molar-refractivity contribution in [3.8, 4) is 0 Å². The minimum absolute atomic E-state index is 0.100. The molecule has 3 rings (SSSR count). The van der Waals surface area contributed by atoms with Gasteiger partial charge in [0.15, 0.2) is 11.6 Å². The fraction of sp³-hybridized carbons (Fsp3) is 0. The summed E-state index contributed by atoms with van der Waals surface area (Å²) in [6, 6.07) is 15.0. The van der Waals surface area contributed by atoms with E-state index in [4.69, 9.17) is 5.73 Å². The van der Waals surface area contributed by atoms with Crippen molar-refractivity contribution in [1.29, 1.82) is 0 Å². The molecule has 132 valence electrons. The van der Waals surface area contributed by atoms with Gasteiger partial charge in [0.1, 0.15) is 17.8 Å². The summed E-state index contributed by atoms with van der Waals surface area (Å²) in [7, 11) is 0. The highest BCUT2D eigenvalue weighted by Crippen LogP contribution is 2.22. The topological polar surface area (TPSA) is 117 Å². The lowest BCUT2D eigenvalue weighted by atomic mass is 10.2. The number of nitrogens with two attached hydrogens (primary N) is 1. The quantitative estimate of drug-likeness (QED) is 0.432. The van der Waals surface area contributed by atoms with Crippen LogP contribution in [0.1, 0.15) is 10.4 Å². The van der Waals surface area contributed by atoms with Crippen LogP contribution in [0.4, 0.5) is 27.4 Å². The number of nitrogens with one attached hydrogen (secondary N) is 4. The van der Waals surface area contributed by atoms with Crippen LogP contribution in [0.15, 0.2) is 60.9 Å². The highest BCUT2D eigenvalue weighted by molar-refractivity contribution is 5.95. The van der Waals surface area contributed by atoms with Gasteiger partial charge in [0.05, 0.1) is 11.3 Å². The number of rotatable bonds is 6. The maximum atomic E-state index is 13.6. The lowest BCUT2D eigenvalue weighted by molar-refractivity contribution is 0.0958. The molecule has 3 aromatic rings. The van der Waals surface area contributed by atoms with Crippen LogP contribution in [0.25, 0.3) is 0 Å². The lowest BCUT2D eigenvalue weighted by Gasteiger charge is -2.14. The second kappa shape index (κ2) is 7.79. The number of aromatic nitrogens is 2. The van der Waals surface area contributed by atoms with Crippen LogP contribution in [0, 0.1) is 5.82 Å². The molecule has 0 aliphatic rings. The van der Waals surface area contributed by atoms with Gasteiger partial charge in [-0.15, -0.1) is 0 Å². The molecule has 1 amide bonds. The van der Waals surface area contributed by atoms with E-state index < -0.39 is 11.7 Å². The van der Waals surface area contributed by atoms with Crippen LogP contribution in [0.2, 0.25) is 0 Å². The van der Waals surface area contributed by atoms with Crippen LogP contribution in [0.5, 0.6) is 0 Å². The van der Waals surface area contributed by atoms with Crippen molar-refractivity contribution < 1.29 is 9.18 Å². The van der Waals surface area contributed by atoms with Gasteiger partial charge in [-0.3, -0.25) is 26.5 Å². The number of benzene rings is 2. The van der Waals surface area contributed by atoms with E-state index in [1.807, 2.05) is 30.3 Å². The van der Waals surface area contributed by atoms with Gasteiger partial charge in [0.2, 0.25) is 0 Å². The van der Waals surface area contributed by atoms with E-state index in [1.54, 1.807) is 6.07 Å². The van der Waals surface area contributed by atoms with Crippen LogP contribution >= 0.6 is 0 Å². The highest BCUT2D eigenvalue weighted by atomic mass is 19.1. The van der Waals surface area contributed by atoms with E-state index in [-0.39, 0.29) is 17.1 Å². The number of para-hydroxylation sites is 1. The van der Waals surface area contributed by atoms with Crippen molar-refractivity contribution >= 4 is 28.9 Å². The Morgan fingerprint density at radius 2 is 1.54 bits per heavy atom. The Balaban J connectivity index is 1.65. The van der Waals surface area contributed by atoms with E-state index >= 15 is 0 Å². The zero-order chi connectivity index (χ0) is 18.4. The second-order valence-electron chi connectivity index (χ2n) is 5.16. The van der Waals surface area contributed by atoms with Crippen LogP contribution in [-0.2, 0) is 0 Å². The number of hydrogen-bond donors (Lipinski definition) is 5. The molecule has 0 unspecified atom stereocenters. The van der Waals surface area contributed by atoms with Crippen molar-refractivity contribution in [2.45, 2.75) is 0 Å². The largest absolute Gasteiger partial charge is 0.393 e. The van der Waals surface area contributed by atoms with Gasteiger partial charge in [-0.05, 0) is 24.3 Å². The number of nitrogen functional groups attached to an aromatic ring is 1. The Bertz CT molecular complexity index is 905. The average Bonchev–Trinajstić information content (AvgIpc) is 2.67. The molecule has 6 N–H and O–H groups in total.